The van der Waals surface area contributed by atoms with Crippen LogP contribution in [-0.4, -0.2) is 23.5 Å². The molecule has 1 aromatic heterocycles. The van der Waals surface area contributed by atoms with Crippen LogP contribution in [0.5, 0.6) is 0 Å². The normalized spacial score (nSPS) is 23.3. The van der Waals surface area contributed by atoms with Gasteiger partial charge in [-0.2, -0.15) is 0 Å². The molecule has 1 aliphatic rings. The number of rotatable bonds is 4. The van der Waals surface area contributed by atoms with Crippen molar-refractivity contribution in [2.75, 3.05) is 6.54 Å². The highest BCUT2D eigenvalue weighted by atomic mass is 16.4. The van der Waals surface area contributed by atoms with Crippen LogP contribution in [0.3, 0.4) is 0 Å². The second kappa shape index (κ2) is 6.19. The topological polar surface area (TPSA) is 67.2 Å². The molecule has 0 aliphatic carbocycles. The third-order valence-electron chi connectivity index (χ3n) is 3.89. The molecule has 5 heteroatoms. The molecule has 1 fully saturated rings. The zero-order valence-electron chi connectivity index (χ0n) is 12.0. The summed E-state index contributed by atoms with van der Waals surface area (Å²) in [4.78, 5) is 16.3. The van der Waals surface area contributed by atoms with Crippen LogP contribution < -0.4 is 10.6 Å². The van der Waals surface area contributed by atoms with Crippen LogP contribution in [0.15, 0.2) is 4.42 Å². The van der Waals surface area contributed by atoms with Crippen molar-refractivity contribution in [1.82, 2.24) is 15.6 Å². The highest BCUT2D eigenvalue weighted by Gasteiger charge is 2.25. The molecule has 1 aliphatic heterocycles. The summed E-state index contributed by atoms with van der Waals surface area (Å²) in [7, 11) is 0. The van der Waals surface area contributed by atoms with E-state index >= 15 is 0 Å². The molecule has 0 spiro atoms. The molecule has 5 nitrogen and oxygen atoms in total. The summed E-state index contributed by atoms with van der Waals surface area (Å²) in [5.74, 6) is 2.09. The Bertz CT molecular complexity index is 422. The van der Waals surface area contributed by atoms with Crippen LogP contribution in [0, 0.1) is 19.8 Å². The first-order valence-corrected chi connectivity index (χ1v) is 7.04. The van der Waals surface area contributed by atoms with Crippen molar-refractivity contribution in [3.63, 3.8) is 0 Å². The lowest BCUT2D eigenvalue weighted by atomic mass is 9.90. The average molecular weight is 265 g/mol. The maximum absolute atomic E-state index is 12.1. The SMILES string of the molecule is CCC1CCNC(C(=O)NCc2nc(C)c(C)o2)C1. The lowest BCUT2D eigenvalue weighted by molar-refractivity contribution is -0.124. The van der Waals surface area contributed by atoms with Crippen molar-refractivity contribution < 1.29 is 9.21 Å². The number of oxazole rings is 1. The maximum Gasteiger partial charge on any atom is 0.237 e. The summed E-state index contributed by atoms with van der Waals surface area (Å²) in [5, 5.41) is 6.17. The first kappa shape index (κ1) is 14.1. The summed E-state index contributed by atoms with van der Waals surface area (Å²) >= 11 is 0. The molecule has 0 aromatic carbocycles. The molecule has 2 N–H and O–H groups in total. The van der Waals surface area contributed by atoms with Crippen LogP contribution in [-0.2, 0) is 11.3 Å². The molecular weight excluding hydrogens is 242 g/mol. The Morgan fingerprint density at radius 3 is 2.95 bits per heavy atom. The van der Waals surface area contributed by atoms with Crippen LogP contribution in [0.1, 0.15) is 43.5 Å². The Hall–Kier alpha value is -1.36. The minimum absolute atomic E-state index is 0.0478. The smallest absolute Gasteiger partial charge is 0.237 e. The fourth-order valence-corrected chi connectivity index (χ4v) is 2.47. The molecule has 0 saturated carbocycles. The van der Waals surface area contributed by atoms with E-state index in [4.69, 9.17) is 4.42 Å². The van der Waals surface area contributed by atoms with Gasteiger partial charge in [-0.05, 0) is 39.2 Å². The number of hydrogen-bond donors (Lipinski definition) is 2. The molecule has 0 radical (unpaired) electrons. The Balaban J connectivity index is 1.83. The predicted molar refractivity (Wildman–Crippen MR) is 72.6 cm³/mol. The van der Waals surface area contributed by atoms with Gasteiger partial charge in [0.05, 0.1) is 18.3 Å². The molecule has 1 saturated heterocycles. The molecule has 2 rings (SSSR count). The second-order valence-corrected chi connectivity index (χ2v) is 5.27. The van der Waals surface area contributed by atoms with E-state index < -0.39 is 0 Å². The quantitative estimate of drug-likeness (QED) is 0.869. The van der Waals surface area contributed by atoms with Crippen LogP contribution >= 0.6 is 0 Å². The molecule has 19 heavy (non-hydrogen) atoms. The van der Waals surface area contributed by atoms with Crippen LogP contribution in [0.25, 0.3) is 0 Å². The number of hydrogen-bond acceptors (Lipinski definition) is 4. The standard InChI is InChI=1S/C14H23N3O2/c1-4-11-5-6-15-12(7-11)14(18)16-8-13-17-9(2)10(3)19-13/h11-12,15H,4-8H2,1-3H3,(H,16,18). The van der Waals surface area contributed by atoms with Gasteiger partial charge in [0.2, 0.25) is 11.8 Å². The fourth-order valence-electron chi connectivity index (χ4n) is 2.47. The largest absolute Gasteiger partial charge is 0.444 e. The molecule has 106 valence electrons. The van der Waals surface area contributed by atoms with Gasteiger partial charge in [-0.25, -0.2) is 4.98 Å². The van der Waals surface area contributed by atoms with Crippen LogP contribution in [0.4, 0.5) is 0 Å². The molecule has 1 amide bonds. The van der Waals surface area contributed by atoms with E-state index in [1.165, 1.54) is 6.42 Å². The van der Waals surface area contributed by atoms with Gasteiger partial charge in [-0.3, -0.25) is 4.79 Å². The Kier molecular flexibility index (Phi) is 4.58. The molecule has 2 unspecified atom stereocenters. The molecule has 2 atom stereocenters. The van der Waals surface area contributed by atoms with E-state index in [1.54, 1.807) is 0 Å². The number of carbonyl (C=O) groups excluding carboxylic acids is 1. The number of aromatic nitrogens is 1. The number of piperidine rings is 1. The lowest BCUT2D eigenvalue weighted by Gasteiger charge is -2.28. The summed E-state index contributed by atoms with van der Waals surface area (Å²) in [6.45, 7) is 7.25. The van der Waals surface area contributed by atoms with Gasteiger partial charge in [-0.15, -0.1) is 0 Å². The second-order valence-electron chi connectivity index (χ2n) is 5.27. The minimum Gasteiger partial charge on any atom is -0.444 e. The van der Waals surface area contributed by atoms with Crippen LogP contribution in [0.2, 0.25) is 0 Å². The molecule has 1 aromatic rings. The van der Waals surface area contributed by atoms with Crippen molar-refractivity contribution in [2.45, 2.75) is 52.6 Å². The number of nitrogens with zero attached hydrogens (tertiary/aromatic N) is 1. The van der Waals surface area contributed by atoms with Gasteiger partial charge < -0.3 is 15.1 Å². The van der Waals surface area contributed by atoms with Crippen molar-refractivity contribution in [2.24, 2.45) is 5.92 Å². The van der Waals surface area contributed by atoms with Crippen molar-refractivity contribution in [1.29, 1.82) is 0 Å². The predicted octanol–water partition coefficient (Wildman–Crippen LogP) is 1.69. The highest BCUT2D eigenvalue weighted by molar-refractivity contribution is 5.81. The number of nitrogens with one attached hydrogen (secondary N) is 2. The summed E-state index contributed by atoms with van der Waals surface area (Å²) in [6, 6.07) is -0.0733. The van der Waals surface area contributed by atoms with Gasteiger partial charge in [-0.1, -0.05) is 13.3 Å². The fraction of sp³-hybridized carbons (Fsp3) is 0.714. The molecule has 0 bridgehead atoms. The van der Waals surface area contributed by atoms with E-state index in [-0.39, 0.29) is 11.9 Å². The Morgan fingerprint density at radius 2 is 2.32 bits per heavy atom. The minimum atomic E-state index is -0.0733. The highest BCUT2D eigenvalue weighted by Crippen LogP contribution is 2.19. The number of amides is 1. The van der Waals surface area contributed by atoms with E-state index in [2.05, 4.69) is 22.5 Å². The van der Waals surface area contributed by atoms with Crippen molar-refractivity contribution in [3.05, 3.63) is 17.3 Å². The third-order valence-corrected chi connectivity index (χ3v) is 3.89. The maximum atomic E-state index is 12.1. The van der Waals surface area contributed by atoms with Crippen molar-refractivity contribution >= 4 is 5.91 Å². The lowest BCUT2D eigenvalue weighted by Crippen LogP contribution is -2.48. The molecular formula is C14H23N3O2. The van der Waals surface area contributed by atoms with Crippen molar-refractivity contribution in [3.8, 4) is 0 Å². The zero-order chi connectivity index (χ0) is 13.8. The third kappa shape index (κ3) is 3.56. The molecule has 2 heterocycles. The van der Waals surface area contributed by atoms with E-state index in [0.29, 0.717) is 18.4 Å². The van der Waals surface area contributed by atoms with Gasteiger partial charge in [0.1, 0.15) is 5.76 Å². The van der Waals surface area contributed by atoms with E-state index in [1.807, 2.05) is 13.8 Å². The van der Waals surface area contributed by atoms with Gasteiger partial charge in [0, 0.05) is 0 Å². The van der Waals surface area contributed by atoms with Gasteiger partial charge in [0.15, 0.2) is 0 Å². The Labute approximate surface area is 114 Å². The average Bonchev–Trinajstić information content (AvgIpc) is 2.75. The number of aryl methyl sites for hydroxylation is 2. The Morgan fingerprint density at radius 1 is 1.53 bits per heavy atom. The van der Waals surface area contributed by atoms with E-state index in [0.717, 1.165) is 30.8 Å². The zero-order valence-corrected chi connectivity index (χ0v) is 12.0. The summed E-state index contributed by atoms with van der Waals surface area (Å²) in [5.41, 5.74) is 0.881. The van der Waals surface area contributed by atoms with Gasteiger partial charge in [0.25, 0.3) is 0 Å². The van der Waals surface area contributed by atoms with Gasteiger partial charge >= 0.3 is 0 Å². The number of carbonyl (C=O) groups is 1. The summed E-state index contributed by atoms with van der Waals surface area (Å²) in [6.07, 6.45) is 3.23. The first-order chi connectivity index (χ1) is 9.10. The van der Waals surface area contributed by atoms with E-state index in [9.17, 15) is 4.79 Å². The summed E-state index contributed by atoms with van der Waals surface area (Å²) < 4.78 is 5.45. The monoisotopic (exact) mass is 265 g/mol. The first-order valence-electron chi connectivity index (χ1n) is 7.04.